The predicted molar refractivity (Wildman–Crippen MR) is 59.0 cm³/mol. The number of ether oxygens (including phenoxy) is 2. The molecule has 3 heteroatoms. The van der Waals surface area contributed by atoms with Crippen molar-refractivity contribution in [1.29, 1.82) is 0 Å². The van der Waals surface area contributed by atoms with Gasteiger partial charge in [0.05, 0.1) is 7.11 Å². The molecule has 0 aromatic rings. The van der Waals surface area contributed by atoms with Gasteiger partial charge in [0, 0.05) is 29.2 Å². The highest BCUT2D eigenvalue weighted by Gasteiger charge is 2.90. The van der Waals surface area contributed by atoms with Crippen LogP contribution in [0.4, 0.5) is 0 Å². The minimum absolute atomic E-state index is 0.0185. The molecule has 0 N–H and O–H groups in total. The highest BCUT2D eigenvalue weighted by atomic mass is 16.6. The molecule has 1 saturated heterocycles. The molecule has 0 aromatic heterocycles. The summed E-state index contributed by atoms with van der Waals surface area (Å²) >= 11 is 0. The number of hydrogen-bond acceptors (Lipinski definition) is 3. The van der Waals surface area contributed by atoms with Crippen molar-refractivity contribution in [3.05, 3.63) is 23.8 Å². The minimum Gasteiger partial charge on any atom is -0.466 e. The Morgan fingerprint density at radius 3 is 2.82 bits per heavy atom. The molecule has 2 saturated carbocycles. The number of carbonyl (C=O) groups excluding carboxylic acids is 1. The number of fused-ring (bicyclic) bond motifs is 4. The largest absolute Gasteiger partial charge is 0.466 e. The number of esters is 1. The van der Waals surface area contributed by atoms with Gasteiger partial charge >= 0.3 is 5.97 Å². The molecule has 17 heavy (non-hydrogen) atoms. The van der Waals surface area contributed by atoms with Crippen LogP contribution in [0.15, 0.2) is 23.8 Å². The number of epoxide rings is 1. The summed E-state index contributed by atoms with van der Waals surface area (Å²) < 4.78 is 11.1. The lowest BCUT2D eigenvalue weighted by atomic mass is 9.74. The summed E-state index contributed by atoms with van der Waals surface area (Å²) in [5.41, 5.74) is 0.941. The molecule has 1 heterocycles. The van der Waals surface area contributed by atoms with E-state index in [0.717, 1.165) is 12.0 Å². The van der Waals surface area contributed by atoms with Crippen LogP contribution in [0.3, 0.4) is 0 Å². The normalized spacial score (nSPS) is 59.0. The average molecular weight is 230 g/mol. The van der Waals surface area contributed by atoms with Gasteiger partial charge in [0.1, 0.15) is 11.2 Å². The SMILES string of the molecule is COC(=O)C1=C[C@H]2C[C@H]1[C@@]13O[C@]21[C@H]1C=C[C@H]3C1. The Hall–Kier alpha value is -1.09. The minimum atomic E-state index is -0.150. The zero-order valence-electron chi connectivity index (χ0n) is 9.68. The van der Waals surface area contributed by atoms with Gasteiger partial charge in [-0.2, -0.15) is 0 Å². The third-order valence-electron chi connectivity index (χ3n) is 5.83. The van der Waals surface area contributed by atoms with E-state index in [9.17, 15) is 4.79 Å². The van der Waals surface area contributed by atoms with Crippen LogP contribution in [0.1, 0.15) is 12.8 Å². The van der Waals surface area contributed by atoms with E-state index in [2.05, 4.69) is 18.2 Å². The van der Waals surface area contributed by atoms with Crippen molar-refractivity contribution in [1.82, 2.24) is 0 Å². The van der Waals surface area contributed by atoms with E-state index in [1.54, 1.807) is 0 Å². The first kappa shape index (κ1) is 8.92. The van der Waals surface area contributed by atoms with Crippen LogP contribution in [0.5, 0.6) is 0 Å². The van der Waals surface area contributed by atoms with Crippen molar-refractivity contribution in [2.75, 3.05) is 7.11 Å². The molecular formula is C14H14O3. The molecule has 4 bridgehead atoms. The molecule has 1 aliphatic heterocycles. The van der Waals surface area contributed by atoms with E-state index in [4.69, 9.17) is 9.47 Å². The first-order valence-electron chi connectivity index (χ1n) is 6.42. The van der Waals surface area contributed by atoms with Crippen molar-refractivity contribution in [3.8, 4) is 0 Å². The zero-order valence-corrected chi connectivity index (χ0v) is 9.68. The summed E-state index contributed by atoms with van der Waals surface area (Å²) in [7, 11) is 1.47. The molecule has 0 spiro atoms. The van der Waals surface area contributed by atoms with Gasteiger partial charge in [-0.1, -0.05) is 18.2 Å². The van der Waals surface area contributed by atoms with Crippen LogP contribution in [-0.4, -0.2) is 24.3 Å². The summed E-state index contributed by atoms with van der Waals surface area (Å²) in [4.78, 5) is 11.8. The Bertz CT molecular complexity index is 520. The molecule has 88 valence electrons. The number of carbonyl (C=O) groups is 1. The van der Waals surface area contributed by atoms with Crippen molar-refractivity contribution < 1.29 is 14.3 Å². The second kappa shape index (κ2) is 2.24. The molecule has 6 atom stereocenters. The second-order valence-electron chi connectivity index (χ2n) is 6.03. The fourth-order valence-corrected chi connectivity index (χ4v) is 5.38. The van der Waals surface area contributed by atoms with E-state index in [1.807, 2.05) is 0 Å². The van der Waals surface area contributed by atoms with Gasteiger partial charge in [0.2, 0.25) is 0 Å². The monoisotopic (exact) mass is 230 g/mol. The Morgan fingerprint density at radius 1 is 1.29 bits per heavy atom. The predicted octanol–water partition coefficient (Wildman–Crippen LogP) is 1.45. The van der Waals surface area contributed by atoms with Gasteiger partial charge in [0.25, 0.3) is 0 Å². The lowest BCUT2D eigenvalue weighted by molar-refractivity contribution is -0.137. The van der Waals surface area contributed by atoms with E-state index >= 15 is 0 Å². The van der Waals surface area contributed by atoms with E-state index in [-0.39, 0.29) is 17.2 Å². The Morgan fingerprint density at radius 2 is 2.06 bits per heavy atom. The van der Waals surface area contributed by atoms with Crippen LogP contribution in [-0.2, 0) is 14.3 Å². The molecule has 3 nitrogen and oxygen atoms in total. The Kier molecular flexibility index (Phi) is 1.17. The van der Waals surface area contributed by atoms with Gasteiger partial charge in [0.15, 0.2) is 0 Å². The van der Waals surface area contributed by atoms with E-state index in [0.29, 0.717) is 23.7 Å². The molecule has 3 fully saturated rings. The smallest absolute Gasteiger partial charge is 0.333 e. The van der Waals surface area contributed by atoms with Crippen molar-refractivity contribution >= 4 is 5.97 Å². The van der Waals surface area contributed by atoms with E-state index in [1.165, 1.54) is 13.5 Å². The fourth-order valence-electron chi connectivity index (χ4n) is 5.38. The molecule has 0 amide bonds. The fraction of sp³-hybridized carbons (Fsp3) is 0.643. The van der Waals surface area contributed by atoms with Crippen LogP contribution in [0, 0.1) is 23.7 Å². The van der Waals surface area contributed by atoms with E-state index < -0.39 is 0 Å². The third-order valence-corrected chi connectivity index (χ3v) is 5.83. The lowest BCUT2D eigenvalue weighted by Crippen LogP contribution is -2.37. The first-order chi connectivity index (χ1) is 8.24. The molecule has 4 aliphatic carbocycles. The van der Waals surface area contributed by atoms with Gasteiger partial charge in [-0.15, -0.1) is 0 Å². The maximum Gasteiger partial charge on any atom is 0.333 e. The van der Waals surface area contributed by atoms with Crippen LogP contribution in [0.25, 0.3) is 0 Å². The molecule has 0 aromatic carbocycles. The van der Waals surface area contributed by atoms with Crippen molar-refractivity contribution in [3.63, 3.8) is 0 Å². The second-order valence-corrected chi connectivity index (χ2v) is 6.03. The quantitative estimate of drug-likeness (QED) is 0.389. The molecule has 5 aliphatic rings. The molecule has 0 radical (unpaired) electrons. The standard InChI is InChI=1S/C14H14O3/c1-16-12(15)10-5-9-6-11(10)14-8-3-2-7(4-8)13(9,14)17-14/h2-3,5,7-9,11H,4,6H2,1H3/t7-,8-,9-,11+,13+,14+/m0/s1. The van der Waals surface area contributed by atoms with Crippen molar-refractivity contribution in [2.24, 2.45) is 23.7 Å². The highest BCUT2D eigenvalue weighted by molar-refractivity contribution is 5.91. The summed E-state index contributed by atoms with van der Waals surface area (Å²) in [5, 5.41) is 0. The van der Waals surface area contributed by atoms with Gasteiger partial charge in [-0.05, 0) is 12.8 Å². The number of methoxy groups -OCH3 is 1. The molecule has 5 rings (SSSR count). The number of hydrogen-bond donors (Lipinski definition) is 0. The van der Waals surface area contributed by atoms with Gasteiger partial charge in [-0.25, -0.2) is 4.79 Å². The summed E-state index contributed by atoms with van der Waals surface area (Å²) in [6.07, 6.45) is 9.11. The first-order valence-corrected chi connectivity index (χ1v) is 6.42. The lowest BCUT2D eigenvalue weighted by Gasteiger charge is -2.24. The van der Waals surface area contributed by atoms with Gasteiger partial charge in [-0.3, -0.25) is 0 Å². The van der Waals surface area contributed by atoms with Crippen LogP contribution < -0.4 is 0 Å². The van der Waals surface area contributed by atoms with Crippen molar-refractivity contribution in [2.45, 2.75) is 24.0 Å². The topological polar surface area (TPSA) is 38.8 Å². The number of rotatable bonds is 1. The zero-order chi connectivity index (χ0) is 11.4. The summed E-state index contributed by atoms with van der Waals surface area (Å²) in [6, 6.07) is 0. The molecule has 0 unspecified atom stereocenters. The third kappa shape index (κ3) is 0.628. The van der Waals surface area contributed by atoms with Crippen LogP contribution >= 0.6 is 0 Å². The highest BCUT2D eigenvalue weighted by Crippen LogP contribution is 2.82. The average Bonchev–Trinajstić information content (AvgIpc) is 2.79. The summed E-state index contributed by atoms with van der Waals surface area (Å²) in [5.74, 6) is 1.72. The van der Waals surface area contributed by atoms with Gasteiger partial charge < -0.3 is 9.47 Å². The Balaban J connectivity index is 1.66. The molecular weight excluding hydrogens is 216 g/mol. The Labute approximate surface area is 99.5 Å². The summed E-state index contributed by atoms with van der Waals surface area (Å²) in [6.45, 7) is 0. The maximum absolute atomic E-state index is 11.8. The van der Waals surface area contributed by atoms with Crippen LogP contribution in [0.2, 0.25) is 0 Å². The maximum atomic E-state index is 11.8.